The van der Waals surface area contributed by atoms with E-state index in [0.29, 0.717) is 11.8 Å². The number of hydrogen-bond donors (Lipinski definition) is 1. The summed E-state index contributed by atoms with van der Waals surface area (Å²) >= 11 is 0. The average Bonchev–Trinajstić information content (AvgIpc) is 2.98. The van der Waals surface area contributed by atoms with E-state index in [0.717, 1.165) is 17.1 Å². The molecule has 0 unspecified atom stereocenters. The number of anilines is 1. The Morgan fingerprint density at radius 1 is 1.16 bits per heavy atom. The summed E-state index contributed by atoms with van der Waals surface area (Å²) in [6.45, 7) is 0. The molecule has 100 valence electrons. The summed E-state index contributed by atoms with van der Waals surface area (Å²) in [6.07, 6.45) is 6.27. The number of benzene rings is 1. The van der Waals surface area contributed by atoms with Crippen LogP contribution in [-0.2, 0) is 0 Å². The molecule has 0 spiro atoms. The summed E-state index contributed by atoms with van der Waals surface area (Å²) in [5.74, 6) is 1.97. The van der Waals surface area contributed by atoms with E-state index in [4.69, 9.17) is 4.52 Å². The van der Waals surface area contributed by atoms with Crippen molar-refractivity contribution in [2.24, 2.45) is 0 Å². The second-order valence-corrected chi connectivity index (χ2v) is 5.09. The molecule has 3 rings (SSSR count). The highest BCUT2D eigenvalue weighted by Crippen LogP contribution is 2.33. The van der Waals surface area contributed by atoms with E-state index in [1.54, 1.807) is 0 Å². The molecule has 1 fully saturated rings. The second-order valence-electron chi connectivity index (χ2n) is 5.09. The Hall–Kier alpha value is -1.84. The predicted molar refractivity (Wildman–Crippen MR) is 75.1 cm³/mol. The molecule has 4 nitrogen and oxygen atoms in total. The van der Waals surface area contributed by atoms with Crippen LogP contribution < -0.4 is 5.32 Å². The Bertz CT molecular complexity index is 544. The van der Waals surface area contributed by atoms with Crippen molar-refractivity contribution in [1.29, 1.82) is 0 Å². The number of para-hydroxylation sites is 1. The van der Waals surface area contributed by atoms with Crippen LogP contribution in [0.3, 0.4) is 0 Å². The van der Waals surface area contributed by atoms with Crippen molar-refractivity contribution in [3.8, 4) is 11.5 Å². The minimum absolute atomic E-state index is 0.480. The van der Waals surface area contributed by atoms with Crippen LogP contribution >= 0.6 is 0 Å². The number of nitrogens with one attached hydrogen (secondary N) is 1. The summed E-state index contributed by atoms with van der Waals surface area (Å²) in [5.41, 5.74) is 1.99. The summed E-state index contributed by atoms with van der Waals surface area (Å²) in [7, 11) is 1.90. The monoisotopic (exact) mass is 257 g/mol. The van der Waals surface area contributed by atoms with Gasteiger partial charge in [0.1, 0.15) is 0 Å². The largest absolute Gasteiger partial charge is 0.387 e. The Kier molecular flexibility index (Phi) is 3.49. The van der Waals surface area contributed by atoms with Gasteiger partial charge in [0.15, 0.2) is 5.82 Å². The maximum atomic E-state index is 5.45. The van der Waals surface area contributed by atoms with Gasteiger partial charge in [-0.15, -0.1) is 0 Å². The van der Waals surface area contributed by atoms with E-state index in [-0.39, 0.29) is 0 Å². The minimum atomic E-state index is 0.480. The zero-order valence-electron chi connectivity index (χ0n) is 11.2. The van der Waals surface area contributed by atoms with E-state index in [9.17, 15) is 0 Å². The normalized spacial score (nSPS) is 16.5. The lowest BCUT2D eigenvalue weighted by Gasteiger charge is -2.17. The zero-order chi connectivity index (χ0) is 13.1. The van der Waals surface area contributed by atoms with Gasteiger partial charge in [-0.05, 0) is 25.0 Å². The molecule has 2 aromatic rings. The van der Waals surface area contributed by atoms with Gasteiger partial charge >= 0.3 is 0 Å². The molecule has 4 heteroatoms. The molecule has 1 aliphatic carbocycles. The molecular formula is C15H19N3O. The highest BCUT2D eigenvalue weighted by atomic mass is 16.5. The molecule has 0 amide bonds. The van der Waals surface area contributed by atoms with E-state index in [1.165, 1.54) is 32.1 Å². The summed E-state index contributed by atoms with van der Waals surface area (Å²) in [5, 5.41) is 7.33. The quantitative estimate of drug-likeness (QED) is 0.908. The molecule has 1 aliphatic rings. The van der Waals surface area contributed by atoms with Crippen LogP contribution in [0.4, 0.5) is 5.69 Å². The summed E-state index contributed by atoms with van der Waals surface area (Å²) < 4.78 is 5.45. The van der Waals surface area contributed by atoms with Crippen LogP contribution in [0.15, 0.2) is 28.8 Å². The van der Waals surface area contributed by atoms with Crippen molar-refractivity contribution < 1.29 is 4.52 Å². The first kappa shape index (κ1) is 12.2. The molecule has 1 heterocycles. The number of hydrogen-bond acceptors (Lipinski definition) is 4. The molecule has 1 saturated carbocycles. The van der Waals surface area contributed by atoms with E-state index < -0.39 is 0 Å². The summed E-state index contributed by atoms with van der Waals surface area (Å²) in [6, 6.07) is 8.00. The molecule has 0 saturated heterocycles. The van der Waals surface area contributed by atoms with Crippen molar-refractivity contribution in [3.05, 3.63) is 30.1 Å². The minimum Gasteiger partial charge on any atom is -0.387 e. The maximum Gasteiger partial charge on any atom is 0.260 e. The van der Waals surface area contributed by atoms with Crippen LogP contribution in [-0.4, -0.2) is 17.2 Å². The molecule has 19 heavy (non-hydrogen) atoms. The fourth-order valence-corrected chi connectivity index (χ4v) is 2.76. The van der Waals surface area contributed by atoms with Crippen molar-refractivity contribution in [2.45, 2.75) is 38.0 Å². The molecule has 0 atom stereocenters. The molecule has 1 aromatic carbocycles. The standard InChI is InChI=1S/C15H19N3O/c1-16-13-10-6-5-9-12(13)15-17-14(18-19-15)11-7-3-2-4-8-11/h5-6,9-11,16H,2-4,7-8H2,1H3. The fourth-order valence-electron chi connectivity index (χ4n) is 2.76. The molecule has 1 aromatic heterocycles. The van der Waals surface area contributed by atoms with Gasteiger partial charge in [-0.25, -0.2) is 0 Å². The zero-order valence-corrected chi connectivity index (χ0v) is 11.2. The van der Waals surface area contributed by atoms with Gasteiger partial charge in [-0.2, -0.15) is 4.98 Å². The van der Waals surface area contributed by atoms with Crippen molar-refractivity contribution in [3.63, 3.8) is 0 Å². The van der Waals surface area contributed by atoms with Gasteiger partial charge < -0.3 is 9.84 Å². The van der Waals surface area contributed by atoms with Crippen molar-refractivity contribution >= 4 is 5.69 Å². The lowest BCUT2D eigenvalue weighted by molar-refractivity contribution is 0.385. The first-order valence-electron chi connectivity index (χ1n) is 6.99. The van der Waals surface area contributed by atoms with Gasteiger partial charge in [0, 0.05) is 18.7 Å². The summed E-state index contributed by atoms with van der Waals surface area (Å²) in [4.78, 5) is 4.60. The topological polar surface area (TPSA) is 51.0 Å². The molecule has 1 N–H and O–H groups in total. The lowest BCUT2D eigenvalue weighted by Crippen LogP contribution is -2.06. The Labute approximate surface area is 113 Å². The van der Waals surface area contributed by atoms with Crippen LogP contribution in [0.25, 0.3) is 11.5 Å². The number of rotatable bonds is 3. The maximum absolute atomic E-state index is 5.45. The van der Waals surface area contributed by atoms with Gasteiger partial charge in [-0.3, -0.25) is 0 Å². The lowest BCUT2D eigenvalue weighted by atomic mass is 9.89. The molecule has 0 radical (unpaired) electrons. The van der Waals surface area contributed by atoms with Gasteiger partial charge in [0.25, 0.3) is 5.89 Å². The smallest absolute Gasteiger partial charge is 0.260 e. The predicted octanol–water partition coefficient (Wildman–Crippen LogP) is 3.83. The van der Waals surface area contributed by atoms with Gasteiger partial charge in [-0.1, -0.05) is 36.6 Å². The average molecular weight is 257 g/mol. The fraction of sp³-hybridized carbons (Fsp3) is 0.467. The number of nitrogens with zero attached hydrogens (tertiary/aromatic N) is 2. The second kappa shape index (κ2) is 5.43. The Balaban J connectivity index is 1.88. The van der Waals surface area contributed by atoms with E-state index in [2.05, 4.69) is 15.5 Å². The molecule has 0 bridgehead atoms. The first-order chi connectivity index (χ1) is 9.38. The van der Waals surface area contributed by atoms with Crippen molar-refractivity contribution in [2.75, 3.05) is 12.4 Å². The van der Waals surface area contributed by atoms with Crippen LogP contribution in [0.1, 0.15) is 43.8 Å². The van der Waals surface area contributed by atoms with E-state index >= 15 is 0 Å². The highest BCUT2D eigenvalue weighted by molar-refractivity contribution is 5.72. The number of aromatic nitrogens is 2. The third-order valence-corrected chi connectivity index (χ3v) is 3.84. The first-order valence-corrected chi connectivity index (χ1v) is 6.99. The highest BCUT2D eigenvalue weighted by Gasteiger charge is 2.21. The molecule has 0 aliphatic heterocycles. The Morgan fingerprint density at radius 2 is 1.95 bits per heavy atom. The molecular weight excluding hydrogens is 238 g/mol. The van der Waals surface area contributed by atoms with Crippen LogP contribution in [0, 0.1) is 0 Å². The third-order valence-electron chi connectivity index (χ3n) is 3.84. The van der Waals surface area contributed by atoms with Crippen LogP contribution in [0.5, 0.6) is 0 Å². The van der Waals surface area contributed by atoms with Gasteiger partial charge in [0.05, 0.1) is 5.56 Å². The Morgan fingerprint density at radius 3 is 2.74 bits per heavy atom. The van der Waals surface area contributed by atoms with Crippen LogP contribution in [0.2, 0.25) is 0 Å². The van der Waals surface area contributed by atoms with E-state index in [1.807, 2.05) is 31.3 Å². The van der Waals surface area contributed by atoms with Gasteiger partial charge in [0.2, 0.25) is 0 Å². The SMILES string of the molecule is CNc1ccccc1-c1nc(C2CCCCC2)no1. The third kappa shape index (κ3) is 2.48. The van der Waals surface area contributed by atoms with Crippen molar-refractivity contribution in [1.82, 2.24) is 10.1 Å².